The van der Waals surface area contributed by atoms with Crippen molar-refractivity contribution in [2.24, 2.45) is 0 Å². The molecule has 0 atom stereocenters. The average molecular weight is 234 g/mol. The lowest BCUT2D eigenvalue weighted by Crippen LogP contribution is -2.06. The molecule has 0 fully saturated rings. The van der Waals surface area contributed by atoms with Crippen molar-refractivity contribution in [1.29, 1.82) is 0 Å². The Morgan fingerprint density at radius 1 is 0.941 bits per heavy atom. The molecule has 0 radical (unpaired) electrons. The summed E-state index contributed by atoms with van der Waals surface area (Å²) in [5.74, 6) is 2.80. The van der Waals surface area contributed by atoms with E-state index in [0.717, 1.165) is 5.76 Å². The van der Waals surface area contributed by atoms with Crippen molar-refractivity contribution in [2.75, 3.05) is 30.0 Å². The molecule has 7 nitrogen and oxygen atoms in total. The maximum atomic E-state index is 5.38. The predicted octanol–water partition coefficient (Wildman–Crippen LogP) is 1.60. The minimum Gasteiger partial charge on any atom is -0.446 e. The Kier molecular flexibility index (Phi) is 3.08. The van der Waals surface area contributed by atoms with Crippen molar-refractivity contribution in [3.05, 3.63) is 17.9 Å². The highest BCUT2D eigenvalue weighted by Gasteiger charge is 2.06. The largest absolute Gasteiger partial charge is 0.446 e. The molecule has 2 rings (SSSR count). The molecule has 0 unspecified atom stereocenters. The highest BCUT2D eigenvalue weighted by Crippen LogP contribution is 2.17. The quantitative estimate of drug-likeness (QED) is 0.740. The number of rotatable bonds is 4. The van der Waals surface area contributed by atoms with Gasteiger partial charge in [0.05, 0.1) is 0 Å². The third kappa shape index (κ3) is 2.63. The van der Waals surface area contributed by atoms with Gasteiger partial charge in [-0.2, -0.15) is 15.0 Å². The molecule has 0 spiro atoms. The summed E-state index contributed by atoms with van der Waals surface area (Å²) in [5, 5.41) is 8.69. The number of anilines is 4. The van der Waals surface area contributed by atoms with Crippen LogP contribution in [0.1, 0.15) is 5.76 Å². The number of nitrogens with zero attached hydrogens (tertiary/aromatic N) is 3. The first-order chi connectivity index (χ1) is 8.21. The Balaban J connectivity index is 2.25. The molecule has 0 bridgehead atoms. The molecular weight excluding hydrogens is 220 g/mol. The molecule has 0 aliphatic carbocycles. The summed E-state index contributed by atoms with van der Waals surface area (Å²) in [7, 11) is 3.49. The first-order valence-corrected chi connectivity index (χ1v) is 5.16. The molecule has 2 aromatic rings. The van der Waals surface area contributed by atoms with E-state index < -0.39 is 0 Å². The van der Waals surface area contributed by atoms with Crippen LogP contribution in [0, 0.1) is 6.92 Å². The topological polar surface area (TPSA) is 87.9 Å². The molecule has 0 aromatic carbocycles. The number of hydrogen-bond acceptors (Lipinski definition) is 7. The van der Waals surface area contributed by atoms with Gasteiger partial charge in [-0.1, -0.05) is 0 Å². The Morgan fingerprint density at radius 3 is 2.00 bits per heavy atom. The van der Waals surface area contributed by atoms with Crippen LogP contribution in [-0.2, 0) is 0 Å². The smallest absolute Gasteiger partial charge is 0.236 e. The molecule has 3 N–H and O–H groups in total. The van der Waals surface area contributed by atoms with Crippen LogP contribution in [0.2, 0.25) is 0 Å². The fraction of sp³-hybridized carbons (Fsp3) is 0.300. The van der Waals surface area contributed by atoms with Crippen LogP contribution in [0.25, 0.3) is 0 Å². The summed E-state index contributed by atoms with van der Waals surface area (Å²) in [6.07, 6.45) is 0. The van der Waals surface area contributed by atoms with Gasteiger partial charge in [-0.15, -0.1) is 0 Å². The van der Waals surface area contributed by atoms with Gasteiger partial charge < -0.3 is 15.1 Å². The standard InChI is InChI=1S/C10H14N6O/c1-6-4-5-7(17-6)13-10-15-8(11-2)14-9(12-3)16-10/h4-5H,1-3H3,(H3,11,12,13,14,15,16). The van der Waals surface area contributed by atoms with E-state index in [1.807, 2.05) is 19.1 Å². The molecule has 2 aromatic heterocycles. The molecule has 7 heteroatoms. The molecule has 0 saturated carbocycles. The number of aryl methyl sites for hydroxylation is 1. The van der Waals surface area contributed by atoms with Crippen LogP contribution in [0.5, 0.6) is 0 Å². The second-order valence-electron chi connectivity index (χ2n) is 3.34. The summed E-state index contributed by atoms with van der Waals surface area (Å²) in [5.41, 5.74) is 0. The first kappa shape index (κ1) is 11.2. The van der Waals surface area contributed by atoms with Crippen LogP contribution in [-0.4, -0.2) is 29.0 Å². The number of aromatic nitrogens is 3. The lowest BCUT2D eigenvalue weighted by molar-refractivity contribution is 0.550. The van der Waals surface area contributed by atoms with E-state index >= 15 is 0 Å². The molecular formula is C10H14N6O. The van der Waals surface area contributed by atoms with Gasteiger partial charge in [0.15, 0.2) is 5.88 Å². The zero-order chi connectivity index (χ0) is 12.3. The second kappa shape index (κ2) is 4.69. The number of nitrogens with one attached hydrogen (secondary N) is 3. The van der Waals surface area contributed by atoms with Gasteiger partial charge in [0.1, 0.15) is 5.76 Å². The van der Waals surface area contributed by atoms with E-state index in [4.69, 9.17) is 4.42 Å². The molecule has 17 heavy (non-hydrogen) atoms. The molecule has 0 aliphatic rings. The van der Waals surface area contributed by atoms with Gasteiger partial charge in [-0.05, 0) is 13.0 Å². The minimum atomic E-state index is 0.419. The minimum absolute atomic E-state index is 0.419. The Bertz CT molecular complexity index is 487. The van der Waals surface area contributed by atoms with Gasteiger partial charge in [0, 0.05) is 20.2 Å². The van der Waals surface area contributed by atoms with E-state index in [0.29, 0.717) is 23.7 Å². The van der Waals surface area contributed by atoms with E-state index in [9.17, 15) is 0 Å². The van der Waals surface area contributed by atoms with Crippen LogP contribution in [0.15, 0.2) is 16.5 Å². The van der Waals surface area contributed by atoms with Gasteiger partial charge in [0.25, 0.3) is 0 Å². The molecule has 0 aliphatic heterocycles. The van der Waals surface area contributed by atoms with E-state index in [2.05, 4.69) is 30.9 Å². The molecule has 0 saturated heterocycles. The lowest BCUT2D eigenvalue weighted by Gasteiger charge is -2.06. The van der Waals surface area contributed by atoms with Gasteiger partial charge in [-0.25, -0.2) is 0 Å². The van der Waals surface area contributed by atoms with Crippen LogP contribution in [0.4, 0.5) is 23.7 Å². The molecule has 90 valence electrons. The van der Waals surface area contributed by atoms with Crippen LogP contribution in [0.3, 0.4) is 0 Å². The number of hydrogen-bond donors (Lipinski definition) is 3. The van der Waals surface area contributed by atoms with Crippen molar-refractivity contribution in [3.8, 4) is 0 Å². The summed E-state index contributed by atoms with van der Waals surface area (Å²) in [6, 6.07) is 3.68. The summed E-state index contributed by atoms with van der Waals surface area (Å²) >= 11 is 0. The second-order valence-corrected chi connectivity index (χ2v) is 3.34. The lowest BCUT2D eigenvalue weighted by atomic mass is 10.5. The predicted molar refractivity (Wildman–Crippen MR) is 65.6 cm³/mol. The monoisotopic (exact) mass is 234 g/mol. The van der Waals surface area contributed by atoms with Crippen LogP contribution < -0.4 is 16.0 Å². The fourth-order valence-electron chi connectivity index (χ4n) is 1.27. The summed E-state index contributed by atoms with van der Waals surface area (Å²) in [4.78, 5) is 12.4. The van der Waals surface area contributed by atoms with Crippen molar-refractivity contribution in [3.63, 3.8) is 0 Å². The zero-order valence-electron chi connectivity index (χ0n) is 9.90. The normalized spacial score (nSPS) is 10.1. The zero-order valence-corrected chi connectivity index (χ0v) is 9.90. The summed E-state index contributed by atoms with van der Waals surface area (Å²) < 4.78 is 5.38. The van der Waals surface area contributed by atoms with Gasteiger partial charge in [-0.3, -0.25) is 5.32 Å². The molecule has 2 heterocycles. The van der Waals surface area contributed by atoms with Crippen molar-refractivity contribution in [1.82, 2.24) is 15.0 Å². The van der Waals surface area contributed by atoms with Gasteiger partial charge in [0.2, 0.25) is 17.8 Å². The third-order valence-electron chi connectivity index (χ3n) is 2.06. The summed E-state index contributed by atoms with van der Waals surface area (Å²) in [6.45, 7) is 1.87. The maximum absolute atomic E-state index is 5.38. The first-order valence-electron chi connectivity index (χ1n) is 5.16. The third-order valence-corrected chi connectivity index (χ3v) is 2.06. The van der Waals surface area contributed by atoms with Crippen molar-refractivity contribution >= 4 is 23.7 Å². The Morgan fingerprint density at radius 2 is 1.53 bits per heavy atom. The average Bonchev–Trinajstić information content (AvgIpc) is 2.74. The SMILES string of the molecule is CNc1nc(NC)nc(Nc2ccc(C)o2)n1. The highest BCUT2D eigenvalue weighted by molar-refractivity contribution is 5.50. The van der Waals surface area contributed by atoms with Gasteiger partial charge >= 0.3 is 0 Å². The van der Waals surface area contributed by atoms with E-state index in [1.165, 1.54) is 0 Å². The van der Waals surface area contributed by atoms with Crippen molar-refractivity contribution in [2.45, 2.75) is 6.92 Å². The fourth-order valence-corrected chi connectivity index (χ4v) is 1.27. The Labute approximate surface area is 98.7 Å². The number of furan rings is 1. The van der Waals surface area contributed by atoms with Crippen LogP contribution >= 0.6 is 0 Å². The maximum Gasteiger partial charge on any atom is 0.236 e. The molecule has 0 amide bonds. The van der Waals surface area contributed by atoms with E-state index in [1.54, 1.807) is 14.1 Å². The van der Waals surface area contributed by atoms with Crippen molar-refractivity contribution < 1.29 is 4.42 Å². The highest BCUT2D eigenvalue weighted by atomic mass is 16.4. The van der Waals surface area contributed by atoms with E-state index in [-0.39, 0.29) is 0 Å². The Hall–Kier alpha value is -2.31.